The molecule has 1 rings (SSSR count). The predicted molar refractivity (Wildman–Crippen MR) is 52.6 cm³/mol. The molecule has 1 aromatic rings. The predicted octanol–water partition coefficient (Wildman–Crippen LogP) is 1.54. The smallest absolute Gasteiger partial charge is 0.311 e. The second kappa shape index (κ2) is 4.50. The van der Waals surface area contributed by atoms with Crippen molar-refractivity contribution >= 4 is 28.6 Å². The summed E-state index contributed by atoms with van der Waals surface area (Å²) in [6, 6.07) is 1.25. The molecule has 0 saturated carbocycles. The Hall–Kier alpha value is -0.720. The number of halogens is 2. The van der Waals surface area contributed by atoms with Gasteiger partial charge in [0, 0.05) is 6.20 Å². The number of hydrogen-bond acceptors (Lipinski definition) is 3. The molecule has 3 nitrogen and oxygen atoms in total. The number of carbonyl (C=O) groups excluding carboxylic acids is 1. The zero-order valence-electron chi connectivity index (χ0n) is 6.88. The Morgan fingerprint density at radius 2 is 2.46 bits per heavy atom. The largest absolute Gasteiger partial charge is 0.469 e. The summed E-state index contributed by atoms with van der Waals surface area (Å²) in [6.45, 7) is 0. The van der Waals surface area contributed by atoms with Crippen LogP contribution in [0, 0.1) is 9.39 Å². The first-order chi connectivity index (χ1) is 6.15. The summed E-state index contributed by atoms with van der Waals surface area (Å²) in [6.07, 6.45) is 1.34. The second-order valence-electron chi connectivity index (χ2n) is 2.31. The van der Waals surface area contributed by atoms with Crippen LogP contribution in [0.4, 0.5) is 4.39 Å². The van der Waals surface area contributed by atoms with Crippen molar-refractivity contribution in [3.8, 4) is 0 Å². The van der Waals surface area contributed by atoms with Crippen molar-refractivity contribution in [3.05, 3.63) is 27.3 Å². The fraction of sp³-hybridized carbons (Fsp3) is 0.250. The Labute approximate surface area is 88.4 Å². The number of hydrogen-bond donors (Lipinski definition) is 0. The molecule has 0 radical (unpaired) electrons. The third kappa shape index (κ3) is 2.61. The van der Waals surface area contributed by atoms with Crippen molar-refractivity contribution in [1.29, 1.82) is 0 Å². The molecule has 0 bridgehead atoms. The van der Waals surface area contributed by atoms with E-state index in [2.05, 4.69) is 9.72 Å². The molecule has 0 aliphatic heterocycles. The molecule has 0 fully saturated rings. The summed E-state index contributed by atoms with van der Waals surface area (Å²) < 4.78 is 17.7. The molecule has 0 aliphatic rings. The lowest BCUT2D eigenvalue weighted by Crippen LogP contribution is -2.08. The lowest BCUT2D eigenvalue weighted by Gasteiger charge is -2.02. The number of carbonyl (C=O) groups is 1. The molecule has 0 spiro atoms. The molecule has 0 aliphatic carbocycles. The SMILES string of the molecule is COC(=O)Cc1nccc(F)c1I. The molecule has 0 amide bonds. The Bertz CT molecular complexity index is 330. The number of rotatable bonds is 2. The van der Waals surface area contributed by atoms with Crippen molar-refractivity contribution in [3.63, 3.8) is 0 Å². The van der Waals surface area contributed by atoms with Crippen LogP contribution < -0.4 is 0 Å². The fourth-order valence-corrected chi connectivity index (χ4v) is 1.30. The summed E-state index contributed by atoms with van der Waals surface area (Å²) in [5, 5.41) is 0. The van der Waals surface area contributed by atoms with Gasteiger partial charge in [0.25, 0.3) is 0 Å². The highest BCUT2D eigenvalue weighted by Gasteiger charge is 2.10. The first-order valence-corrected chi connectivity index (χ1v) is 4.58. The molecule has 1 heterocycles. The highest BCUT2D eigenvalue weighted by atomic mass is 127. The van der Waals surface area contributed by atoms with Gasteiger partial charge in [0.1, 0.15) is 5.82 Å². The van der Waals surface area contributed by atoms with Crippen molar-refractivity contribution < 1.29 is 13.9 Å². The average molecular weight is 295 g/mol. The minimum atomic E-state index is -0.420. The van der Waals surface area contributed by atoms with Gasteiger partial charge in [-0.15, -0.1) is 0 Å². The van der Waals surface area contributed by atoms with Crippen LogP contribution in [0.2, 0.25) is 0 Å². The summed E-state index contributed by atoms with van der Waals surface area (Å²) in [4.78, 5) is 14.7. The maximum Gasteiger partial charge on any atom is 0.311 e. The van der Waals surface area contributed by atoms with Gasteiger partial charge in [-0.05, 0) is 28.7 Å². The quantitative estimate of drug-likeness (QED) is 0.614. The van der Waals surface area contributed by atoms with Crippen LogP contribution >= 0.6 is 22.6 Å². The van der Waals surface area contributed by atoms with E-state index in [9.17, 15) is 9.18 Å². The van der Waals surface area contributed by atoms with E-state index < -0.39 is 5.97 Å². The average Bonchev–Trinajstić information content (AvgIpc) is 2.13. The van der Waals surface area contributed by atoms with Crippen LogP contribution in [0.15, 0.2) is 12.3 Å². The molecular formula is C8H7FINO2. The summed E-state index contributed by atoms with van der Waals surface area (Å²) in [7, 11) is 1.29. The minimum Gasteiger partial charge on any atom is -0.469 e. The van der Waals surface area contributed by atoms with Gasteiger partial charge in [0.15, 0.2) is 0 Å². The number of aromatic nitrogens is 1. The van der Waals surface area contributed by atoms with Crippen molar-refractivity contribution in [1.82, 2.24) is 4.98 Å². The normalized spacial score (nSPS) is 9.77. The molecule has 13 heavy (non-hydrogen) atoms. The van der Waals surface area contributed by atoms with Gasteiger partial charge >= 0.3 is 5.97 Å². The van der Waals surface area contributed by atoms with Gasteiger partial charge in [-0.25, -0.2) is 4.39 Å². The van der Waals surface area contributed by atoms with Crippen LogP contribution in [-0.4, -0.2) is 18.1 Å². The van der Waals surface area contributed by atoms with Crippen LogP contribution in [-0.2, 0) is 16.0 Å². The number of pyridine rings is 1. The van der Waals surface area contributed by atoms with E-state index in [0.29, 0.717) is 9.26 Å². The highest BCUT2D eigenvalue weighted by Crippen LogP contribution is 2.14. The van der Waals surface area contributed by atoms with E-state index in [1.165, 1.54) is 19.4 Å². The van der Waals surface area contributed by atoms with Gasteiger partial charge in [0.05, 0.1) is 22.8 Å². The Balaban J connectivity index is 2.89. The summed E-state index contributed by atoms with van der Waals surface area (Å²) in [5.74, 6) is -0.787. The number of ether oxygens (including phenoxy) is 1. The van der Waals surface area contributed by atoms with E-state index in [0.717, 1.165) is 0 Å². The second-order valence-corrected chi connectivity index (χ2v) is 3.39. The van der Waals surface area contributed by atoms with E-state index in [1.807, 2.05) is 22.6 Å². The number of methoxy groups -OCH3 is 1. The summed E-state index contributed by atoms with van der Waals surface area (Å²) >= 11 is 1.81. The summed E-state index contributed by atoms with van der Waals surface area (Å²) in [5.41, 5.74) is 0.410. The minimum absolute atomic E-state index is 0.00648. The fourth-order valence-electron chi connectivity index (χ4n) is 0.792. The van der Waals surface area contributed by atoms with Gasteiger partial charge in [-0.3, -0.25) is 9.78 Å². The maximum atomic E-state index is 12.9. The van der Waals surface area contributed by atoms with Crippen molar-refractivity contribution in [2.75, 3.05) is 7.11 Å². The Kier molecular flexibility index (Phi) is 3.58. The van der Waals surface area contributed by atoms with Gasteiger partial charge in [0.2, 0.25) is 0 Å². The number of nitrogens with zero attached hydrogens (tertiary/aromatic N) is 1. The van der Waals surface area contributed by atoms with E-state index in [4.69, 9.17) is 0 Å². The Morgan fingerprint density at radius 1 is 1.77 bits per heavy atom. The Morgan fingerprint density at radius 3 is 3.08 bits per heavy atom. The molecule has 0 aromatic carbocycles. The monoisotopic (exact) mass is 295 g/mol. The molecule has 70 valence electrons. The zero-order chi connectivity index (χ0) is 9.84. The topological polar surface area (TPSA) is 39.2 Å². The van der Waals surface area contributed by atoms with E-state index in [1.54, 1.807) is 0 Å². The van der Waals surface area contributed by atoms with Gasteiger partial charge < -0.3 is 4.74 Å². The standard InChI is InChI=1S/C8H7FINO2/c1-13-7(12)4-6-8(10)5(9)2-3-11-6/h2-3H,4H2,1H3. The zero-order valence-corrected chi connectivity index (χ0v) is 9.04. The molecule has 0 saturated heterocycles. The molecule has 0 atom stereocenters. The maximum absolute atomic E-state index is 12.9. The van der Waals surface area contributed by atoms with Crippen LogP contribution in [0.1, 0.15) is 5.69 Å². The highest BCUT2D eigenvalue weighted by molar-refractivity contribution is 14.1. The first kappa shape index (κ1) is 10.4. The molecular weight excluding hydrogens is 288 g/mol. The third-order valence-corrected chi connectivity index (χ3v) is 2.59. The van der Waals surface area contributed by atoms with Gasteiger partial charge in [-0.2, -0.15) is 0 Å². The van der Waals surface area contributed by atoms with Gasteiger partial charge in [-0.1, -0.05) is 0 Å². The van der Waals surface area contributed by atoms with E-state index >= 15 is 0 Å². The van der Waals surface area contributed by atoms with Crippen LogP contribution in [0.3, 0.4) is 0 Å². The molecule has 0 N–H and O–H groups in total. The van der Waals surface area contributed by atoms with E-state index in [-0.39, 0.29) is 12.2 Å². The van der Waals surface area contributed by atoms with Crippen LogP contribution in [0.5, 0.6) is 0 Å². The molecule has 1 aromatic heterocycles. The lowest BCUT2D eigenvalue weighted by atomic mass is 10.3. The molecule has 0 unspecified atom stereocenters. The first-order valence-electron chi connectivity index (χ1n) is 3.51. The van der Waals surface area contributed by atoms with Crippen molar-refractivity contribution in [2.24, 2.45) is 0 Å². The lowest BCUT2D eigenvalue weighted by molar-refractivity contribution is -0.139. The molecule has 5 heteroatoms. The number of esters is 1. The van der Waals surface area contributed by atoms with Crippen molar-refractivity contribution in [2.45, 2.75) is 6.42 Å². The third-order valence-electron chi connectivity index (χ3n) is 1.45. The van der Waals surface area contributed by atoms with Crippen LogP contribution in [0.25, 0.3) is 0 Å².